The number of hydrogen-bond acceptors (Lipinski definition) is 6. The van der Waals surface area contributed by atoms with E-state index in [9.17, 15) is 0 Å². The largest absolute Gasteiger partial charge is 0.382 e. The molecule has 2 rings (SSSR count). The van der Waals surface area contributed by atoms with E-state index >= 15 is 0 Å². The van der Waals surface area contributed by atoms with Crippen LogP contribution < -0.4 is 5.73 Å². The van der Waals surface area contributed by atoms with Crippen LogP contribution in [0, 0.1) is 0 Å². The molecule has 5 nitrogen and oxygen atoms in total. The van der Waals surface area contributed by atoms with Gasteiger partial charge in [0, 0.05) is 12.4 Å². The minimum absolute atomic E-state index is 0.406. The molecule has 70 valence electrons. The van der Waals surface area contributed by atoms with Crippen molar-refractivity contribution in [3.8, 4) is 0 Å². The predicted molar refractivity (Wildman–Crippen MR) is 52.6 cm³/mol. The fourth-order valence-corrected chi connectivity index (χ4v) is 1.44. The number of nitrogens with zero attached hydrogens (tertiary/aromatic N) is 4. The van der Waals surface area contributed by atoms with Crippen LogP contribution in [0.15, 0.2) is 41.0 Å². The van der Waals surface area contributed by atoms with Gasteiger partial charge in [-0.05, 0) is 17.8 Å². The molecule has 0 amide bonds. The van der Waals surface area contributed by atoms with Crippen molar-refractivity contribution in [1.29, 1.82) is 0 Å². The number of aromatic nitrogens is 4. The van der Waals surface area contributed by atoms with Gasteiger partial charge in [-0.25, -0.2) is 19.9 Å². The third-order valence-corrected chi connectivity index (χ3v) is 2.20. The van der Waals surface area contributed by atoms with Gasteiger partial charge in [0.05, 0.1) is 12.4 Å². The third-order valence-electron chi connectivity index (χ3n) is 1.39. The molecule has 14 heavy (non-hydrogen) atoms. The summed E-state index contributed by atoms with van der Waals surface area (Å²) in [6, 6.07) is 1.76. The molecule has 0 aliphatic heterocycles. The van der Waals surface area contributed by atoms with Crippen molar-refractivity contribution in [3.05, 3.63) is 30.9 Å². The lowest BCUT2D eigenvalue weighted by Gasteiger charge is -1.97. The van der Waals surface area contributed by atoms with E-state index in [0.717, 1.165) is 5.03 Å². The fraction of sp³-hybridized carbons (Fsp3) is 0. The molecule has 0 spiro atoms. The molecular formula is C8H7N5S. The number of nitrogen functional groups attached to an aromatic ring is 1. The number of rotatable bonds is 2. The Labute approximate surface area is 84.8 Å². The SMILES string of the molecule is Nc1cnc(Sc2ncccn2)cn1. The van der Waals surface area contributed by atoms with Crippen molar-refractivity contribution in [2.24, 2.45) is 0 Å². The lowest BCUT2D eigenvalue weighted by molar-refractivity contribution is 0.956. The van der Waals surface area contributed by atoms with Gasteiger partial charge in [-0.2, -0.15) is 0 Å². The highest BCUT2D eigenvalue weighted by molar-refractivity contribution is 7.99. The van der Waals surface area contributed by atoms with Gasteiger partial charge in [-0.1, -0.05) is 0 Å². The Balaban J connectivity index is 2.16. The van der Waals surface area contributed by atoms with Gasteiger partial charge in [0.2, 0.25) is 0 Å². The second-order valence-corrected chi connectivity index (χ2v) is 3.40. The fourth-order valence-electron chi connectivity index (χ4n) is 0.811. The molecule has 0 aromatic carbocycles. The molecule has 0 fully saturated rings. The van der Waals surface area contributed by atoms with E-state index in [1.165, 1.54) is 18.0 Å². The zero-order chi connectivity index (χ0) is 9.80. The summed E-state index contributed by atoms with van der Waals surface area (Å²) in [5.41, 5.74) is 5.41. The first-order valence-electron chi connectivity index (χ1n) is 3.87. The number of hydrogen-bond donors (Lipinski definition) is 1. The highest BCUT2D eigenvalue weighted by Gasteiger charge is 2.00. The van der Waals surface area contributed by atoms with Crippen LogP contribution in [0.2, 0.25) is 0 Å². The van der Waals surface area contributed by atoms with Crippen molar-refractivity contribution in [1.82, 2.24) is 19.9 Å². The average molecular weight is 205 g/mol. The maximum Gasteiger partial charge on any atom is 0.193 e. The first kappa shape index (κ1) is 8.89. The Morgan fingerprint density at radius 2 is 1.79 bits per heavy atom. The number of nitrogens with two attached hydrogens (primary N) is 1. The lowest BCUT2D eigenvalue weighted by atomic mass is 10.7. The lowest BCUT2D eigenvalue weighted by Crippen LogP contribution is -1.92. The second-order valence-electron chi connectivity index (χ2n) is 2.41. The summed E-state index contributed by atoms with van der Waals surface area (Å²) in [5.74, 6) is 0.406. The van der Waals surface area contributed by atoms with Crippen LogP contribution in [-0.4, -0.2) is 19.9 Å². The molecule has 0 unspecified atom stereocenters. The minimum atomic E-state index is 0.406. The summed E-state index contributed by atoms with van der Waals surface area (Å²) in [5, 5.41) is 1.37. The maximum absolute atomic E-state index is 5.41. The minimum Gasteiger partial charge on any atom is -0.382 e. The molecule has 0 bridgehead atoms. The van der Waals surface area contributed by atoms with Crippen molar-refractivity contribution < 1.29 is 0 Å². The van der Waals surface area contributed by atoms with Gasteiger partial charge in [0.15, 0.2) is 5.16 Å². The Morgan fingerprint density at radius 1 is 1.00 bits per heavy atom. The Morgan fingerprint density at radius 3 is 2.43 bits per heavy atom. The van der Waals surface area contributed by atoms with Crippen molar-refractivity contribution in [3.63, 3.8) is 0 Å². The van der Waals surface area contributed by atoms with Gasteiger partial charge in [0.25, 0.3) is 0 Å². The normalized spacial score (nSPS) is 10.0. The van der Waals surface area contributed by atoms with E-state index < -0.39 is 0 Å². The van der Waals surface area contributed by atoms with Crippen molar-refractivity contribution in [2.75, 3.05) is 5.73 Å². The Bertz CT molecular complexity index is 402. The molecule has 2 N–H and O–H groups in total. The maximum atomic E-state index is 5.41. The summed E-state index contributed by atoms with van der Waals surface area (Å²) >= 11 is 1.34. The van der Waals surface area contributed by atoms with Crippen LogP contribution in [0.5, 0.6) is 0 Å². The van der Waals surface area contributed by atoms with Crippen LogP contribution in [-0.2, 0) is 0 Å². The van der Waals surface area contributed by atoms with Gasteiger partial charge >= 0.3 is 0 Å². The van der Waals surface area contributed by atoms with Crippen molar-refractivity contribution in [2.45, 2.75) is 10.2 Å². The molecule has 0 saturated heterocycles. The second kappa shape index (κ2) is 4.01. The van der Waals surface area contributed by atoms with Crippen LogP contribution in [0.4, 0.5) is 5.82 Å². The molecule has 0 aliphatic rings. The molecule has 0 radical (unpaired) electrons. The van der Waals surface area contributed by atoms with E-state index in [0.29, 0.717) is 11.0 Å². The summed E-state index contributed by atoms with van der Waals surface area (Å²) in [6.07, 6.45) is 6.46. The van der Waals surface area contributed by atoms with Crippen LogP contribution in [0.1, 0.15) is 0 Å². The van der Waals surface area contributed by atoms with Gasteiger partial charge in [0.1, 0.15) is 10.8 Å². The van der Waals surface area contributed by atoms with E-state index in [2.05, 4.69) is 19.9 Å². The zero-order valence-electron chi connectivity index (χ0n) is 7.16. The third kappa shape index (κ3) is 2.17. The quantitative estimate of drug-likeness (QED) is 0.737. The molecule has 6 heteroatoms. The Kier molecular flexibility index (Phi) is 2.55. The smallest absolute Gasteiger partial charge is 0.193 e. The molecule has 0 atom stereocenters. The molecule has 0 aliphatic carbocycles. The average Bonchev–Trinajstić information content (AvgIpc) is 2.23. The molecule has 0 saturated carbocycles. The first-order chi connectivity index (χ1) is 6.84. The van der Waals surface area contributed by atoms with E-state index in [1.54, 1.807) is 24.7 Å². The van der Waals surface area contributed by atoms with E-state index in [4.69, 9.17) is 5.73 Å². The standard InChI is InChI=1S/C8H7N5S/c9-6-4-13-7(5-12-6)14-8-10-2-1-3-11-8/h1-5H,(H2,9,12). The number of anilines is 1. The van der Waals surface area contributed by atoms with Gasteiger partial charge in [-0.3, -0.25) is 0 Å². The highest BCUT2D eigenvalue weighted by atomic mass is 32.2. The van der Waals surface area contributed by atoms with Gasteiger partial charge in [-0.15, -0.1) is 0 Å². The monoisotopic (exact) mass is 205 g/mol. The van der Waals surface area contributed by atoms with E-state index in [1.807, 2.05) is 0 Å². The van der Waals surface area contributed by atoms with Crippen LogP contribution in [0.25, 0.3) is 0 Å². The summed E-state index contributed by atoms with van der Waals surface area (Å²) < 4.78 is 0. The van der Waals surface area contributed by atoms with Crippen LogP contribution in [0.3, 0.4) is 0 Å². The summed E-state index contributed by atoms with van der Waals surface area (Å²) in [6.45, 7) is 0. The topological polar surface area (TPSA) is 77.6 Å². The summed E-state index contributed by atoms with van der Waals surface area (Å²) in [7, 11) is 0. The molecular weight excluding hydrogens is 198 g/mol. The van der Waals surface area contributed by atoms with E-state index in [-0.39, 0.29) is 0 Å². The van der Waals surface area contributed by atoms with Crippen LogP contribution >= 0.6 is 11.8 Å². The predicted octanol–water partition coefficient (Wildman–Crippen LogP) is 1.00. The molecule has 2 aromatic heterocycles. The van der Waals surface area contributed by atoms with Crippen molar-refractivity contribution >= 4 is 17.6 Å². The first-order valence-corrected chi connectivity index (χ1v) is 4.68. The zero-order valence-corrected chi connectivity index (χ0v) is 7.98. The summed E-state index contributed by atoms with van der Waals surface area (Å²) in [4.78, 5) is 16.1. The molecule has 2 heterocycles. The molecule has 2 aromatic rings. The Hall–Kier alpha value is -1.69. The van der Waals surface area contributed by atoms with Gasteiger partial charge < -0.3 is 5.73 Å². The highest BCUT2D eigenvalue weighted by Crippen LogP contribution is 2.20.